The molecule has 0 radical (unpaired) electrons. The van der Waals surface area contributed by atoms with E-state index < -0.39 is 0 Å². The molecule has 0 atom stereocenters. The molecule has 0 unspecified atom stereocenters. The van der Waals surface area contributed by atoms with Gasteiger partial charge in [0.1, 0.15) is 5.75 Å². The standard InChI is InChI=1S/C24H29N3O2/c1-29-19-10-8-18(9-11-19)24-21(20-6-2-3-7-22(20)26-24)12-13-23(28)25-14-17-27-15-4-5-16-27/h2-3,6-11,26H,4-5,12-17H2,1H3,(H,25,28). The minimum absolute atomic E-state index is 0.121. The van der Waals surface area contributed by atoms with Gasteiger partial charge in [0, 0.05) is 36.1 Å². The second-order valence-electron chi connectivity index (χ2n) is 7.65. The van der Waals surface area contributed by atoms with E-state index in [-0.39, 0.29) is 5.91 Å². The first-order chi connectivity index (χ1) is 14.2. The molecule has 1 aromatic heterocycles. The summed E-state index contributed by atoms with van der Waals surface area (Å²) in [5.74, 6) is 0.957. The zero-order valence-corrected chi connectivity index (χ0v) is 17.0. The van der Waals surface area contributed by atoms with E-state index in [4.69, 9.17) is 4.74 Å². The smallest absolute Gasteiger partial charge is 0.220 e. The summed E-state index contributed by atoms with van der Waals surface area (Å²) in [5.41, 5.74) is 4.48. The lowest BCUT2D eigenvalue weighted by atomic mass is 10.0. The largest absolute Gasteiger partial charge is 0.497 e. The van der Waals surface area contributed by atoms with Crippen LogP contribution in [0.25, 0.3) is 22.2 Å². The van der Waals surface area contributed by atoms with Crippen molar-refractivity contribution in [3.63, 3.8) is 0 Å². The number of benzene rings is 2. The van der Waals surface area contributed by atoms with Crippen molar-refractivity contribution in [3.05, 3.63) is 54.1 Å². The number of amides is 1. The quantitative estimate of drug-likeness (QED) is 0.610. The first-order valence-corrected chi connectivity index (χ1v) is 10.5. The Bertz CT molecular complexity index is 956. The molecule has 5 heteroatoms. The number of hydrogen-bond acceptors (Lipinski definition) is 3. The summed E-state index contributed by atoms with van der Waals surface area (Å²) in [4.78, 5) is 18.4. The molecular weight excluding hydrogens is 362 g/mol. The van der Waals surface area contributed by atoms with Crippen LogP contribution in [-0.4, -0.2) is 49.1 Å². The van der Waals surface area contributed by atoms with Crippen LogP contribution in [0.15, 0.2) is 48.5 Å². The molecule has 2 aromatic carbocycles. The highest BCUT2D eigenvalue weighted by atomic mass is 16.5. The lowest BCUT2D eigenvalue weighted by molar-refractivity contribution is -0.121. The zero-order chi connectivity index (χ0) is 20.1. The van der Waals surface area contributed by atoms with Crippen molar-refractivity contribution in [1.29, 1.82) is 0 Å². The summed E-state index contributed by atoms with van der Waals surface area (Å²) < 4.78 is 5.28. The van der Waals surface area contributed by atoms with Crippen molar-refractivity contribution in [1.82, 2.24) is 15.2 Å². The third-order valence-electron chi connectivity index (χ3n) is 5.74. The number of carbonyl (C=O) groups excluding carboxylic acids is 1. The lowest BCUT2D eigenvalue weighted by Gasteiger charge is -2.14. The number of hydrogen-bond donors (Lipinski definition) is 2. The van der Waals surface area contributed by atoms with Gasteiger partial charge in [0.25, 0.3) is 0 Å². The molecule has 2 N–H and O–H groups in total. The maximum Gasteiger partial charge on any atom is 0.220 e. The van der Waals surface area contributed by atoms with E-state index in [1.54, 1.807) is 7.11 Å². The van der Waals surface area contributed by atoms with Crippen LogP contribution in [0.5, 0.6) is 5.75 Å². The number of ether oxygens (including phenoxy) is 1. The first kappa shape index (κ1) is 19.5. The summed E-state index contributed by atoms with van der Waals surface area (Å²) >= 11 is 0. The molecule has 1 saturated heterocycles. The fourth-order valence-corrected chi connectivity index (χ4v) is 4.15. The van der Waals surface area contributed by atoms with E-state index in [0.29, 0.717) is 12.8 Å². The van der Waals surface area contributed by atoms with Gasteiger partial charge in [0.2, 0.25) is 5.91 Å². The molecule has 1 fully saturated rings. The van der Waals surface area contributed by atoms with Crippen molar-refractivity contribution in [2.45, 2.75) is 25.7 Å². The summed E-state index contributed by atoms with van der Waals surface area (Å²) in [6.45, 7) is 4.01. The van der Waals surface area contributed by atoms with Gasteiger partial charge >= 0.3 is 0 Å². The predicted molar refractivity (Wildman–Crippen MR) is 117 cm³/mol. The van der Waals surface area contributed by atoms with E-state index in [1.807, 2.05) is 24.3 Å². The number of fused-ring (bicyclic) bond motifs is 1. The number of rotatable bonds is 8. The van der Waals surface area contributed by atoms with Gasteiger partial charge in [-0.15, -0.1) is 0 Å². The van der Waals surface area contributed by atoms with Gasteiger partial charge in [0.15, 0.2) is 0 Å². The molecule has 0 aliphatic carbocycles. The Kier molecular flexibility index (Phi) is 6.15. The topological polar surface area (TPSA) is 57.4 Å². The predicted octanol–water partition coefficient (Wildman–Crippen LogP) is 3.99. The number of para-hydroxylation sites is 1. The SMILES string of the molecule is COc1ccc(-c2[nH]c3ccccc3c2CCC(=O)NCCN2CCCC2)cc1. The molecule has 1 amide bonds. The Balaban J connectivity index is 1.46. The van der Waals surface area contributed by atoms with Gasteiger partial charge in [-0.3, -0.25) is 4.79 Å². The molecule has 1 aliphatic heterocycles. The molecule has 0 saturated carbocycles. The van der Waals surface area contributed by atoms with Crippen molar-refractivity contribution >= 4 is 16.8 Å². The second kappa shape index (κ2) is 9.14. The fraction of sp³-hybridized carbons (Fsp3) is 0.375. The lowest BCUT2D eigenvalue weighted by Crippen LogP contribution is -2.33. The van der Waals surface area contributed by atoms with Crippen molar-refractivity contribution < 1.29 is 9.53 Å². The maximum absolute atomic E-state index is 12.4. The van der Waals surface area contributed by atoms with Crippen LogP contribution in [0.3, 0.4) is 0 Å². The van der Waals surface area contributed by atoms with Crippen LogP contribution in [0.4, 0.5) is 0 Å². The number of aromatic amines is 1. The molecule has 29 heavy (non-hydrogen) atoms. The van der Waals surface area contributed by atoms with Crippen molar-refractivity contribution in [3.8, 4) is 17.0 Å². The highest BCUT2D eigenvalue weighted by Crippen LogP contribution is 2.32. The van der Waals surface area contributed by atoms with Crippen molar-refractivity contribution in [2.24, 2.45) is 0 Å². The molecule has 2 heterocycles. The van der Waals surface area contributed by atoms with Crippen LogP contribution in [0.1, 0.15) is 24.8 Å². The summed E-state index contributed by atoms with van der Waals surface area (Å²) in [7, 11) is 1.67. The number of nitrogens with one attached hydrogen (secondary N) is 2. The second-order valence-corrected chi connectivity index (χ2v) is 7.65. The Morgan fingerprint density at radius 1 is 1.10 bits per heavy atom. The Morgan fingerprint density at radius 2 is 1.86 bits per heavy atom. The van der Waals surface area contributed by atoms with Gasteiger partial charge in [-0.25, -0.2) is 0 Å². The molecule has 0 spiro atoms. The average molecular weight is 392 g/mol. The Hall–Kier alpha value is -2.79. The number of likely N-dealkylation sites (tertiary alicyclic amines) is 1. The highest BCUT2D eigenvalue weighted by Gasteiger charge is 2.15. The molecular formula is C24H29N3O2. The molecule has 1 aliphatic rings. The van der Waals surface area contributed by atoms with E-state index >= 15 is 0 Å². The van der Waals surface area contributed by atoms with Crippen LogP contribution in [-0.2, 0) is 11.2 Å². The number of methoxy groups -OCH3 is 1. The molecule has 0 bridgehead atoms. The number of nitrogens with zero attached hydrogens (tertiary/aromatic N) is 1. The zero-order valence-electron chi connectivity index (χ0n) is 17.0. The van der Waals surface area contributed by atoms with Crippen LogP contribution in [0.2, 0.25) is 0 Å². The number of H-pyrrole nitrogens is 1. The maximum atomic E-state index is 12.4. The van der Waals surface area contributed by atoms with Gasteiger partial charge in [-0.05, 0) is 73.8 Å². The Labute approximate surface area is 172 Å². The monoisotopic (exact) mass is 391 g/mol. The van der Waals surface area contributed by atoms with E-state index in [1.165, 1.54) is 23.8 Å². The molecule has 3 aromatic rings. The van der Waals surface area contributed by atoms with Crippen LogP contribution < -0.4 is 10.1 Å². The van der Waals surface area contributed by atoms with Gasteiger partial charge in [0.05, 0.1) is 7.11 Å². The minimum atomic E-state index is 0.121. The summed E-state index contributed by atoms with van der Waals surface area (Å²) in [6, 6.07) is 16.3. The summed E-state index contributed by atoms with van der Waals surface area (Å²) in [6.07, 6.45) is 3.76. The third-order valence-corrected chi connectivity index (χ3v) is 5.74. The van der Waals surface area contributed by atoms with Crippen LogP contribution >= 0.6 is 0 Å². The minimum Gasteiger partial charge on any atom is -0.497 e. The third kappa shape index (κ3) is 4.62. The van der Waals surface area contributed by atoms with Crippen LogP contribution in [0, 0.1) is 0 Å². The average Bonchev–Trinajstić information content (AvgIpc) is 3.40. The Morgan fingerprint density at radius 3 is 2.62 bits per heavy atom. The van der Waals surface area contributed by atoms with Gasteiger partial charge < -0.3 is 19.9 Å². The van der Waals surface area contributed by atoms with E-state index in [0.717, 1.165) is 48.7 Å². The van der Waals surface area contributed by atoms with Gasteiger partial charge in [-0.1, -0.05) is 18.2 Å². The molecule has 5 nitrogen and oxygen atoms in total. The van der Waals surface area contributed by atoms with Gasteiger partial charge in [-0.2, -0.15) is 0 Å². The van der Waals surface area contributed by atoms with E-state index in [9.17, 15) is 4.79 Å². The molecule has 152 valence electrons. The highest BCUT2D eigenvalue weighted by molar-refractivity contribution is 5.91. The van der Waals surface area contributed by atoms with E-state index in [2.05, 4.69) is 39.5 Å². The fourth-order valence-electron chi connectivity index (χ4n) is 4.15. The number of carbonyl (C=O) groups is 1. The molecule has 4 rings (SSSR count). The van der Waals surface area contributed by atoms with Crippen molar-refractivity contribution in [2.75, 3.05) is 33.3 Å². The number of aromatic nitrogens is 1. The summed E-state index contributed by atoms with van der Waals surface area (Å²) in [5, 5.41) is 4.27. The number of aryl methyl sites for hydroxylation is 1. The normalized spacial score (nSPS) is 14.4. The first-order valence-electron chi connectivity index (χ1n) is 10.5.